The SMILES string of the molecule is C/C(=C\C(=O)C(C)CCC[C@@]1(C)OC/C(=C/CO)CC[C@@H]1O)C(C)C. The van der Waals surface area contributed by atoms with Gasteiger partial charge in [-0.3, -0.25) is 4.79 Å². The van der Waals surface area contributed by atoms with Crippen molar-refractivity contribution in [3.8, 4) is 0 Å². The summed E-state index contributed by atoms with van der Waals surface area (Å²) in [6, 6.07) is 0. The van der Waals surface area contributed by atoms with Gasteiger partial charge in [0.05, 0.1) is 24.9 Å². The second-order valence-electron chi connectivity index (χ2n) is 7.94. The number of aliphatic hydroxyl groups excluding tert-OH is 2. The smallest absolute Gasteiger partial charge is 0.158 e. The molecule has 0 aliphatic carbocycles. The molecule has 1 unspecified atom stereocenters. The summed E-state index contributed by atoms with van der Waals surface area (Å²) < 4.78 is 5.98. The Bertz CT molecular complexity index is 492. The van der Waals surface area contributed by atoms with Gasteiger partial charge in [0, 0.05) is 5.92 Å². The van der Waals surface area contributed by atoms with Crippen molar-refractivity contribution in [3.05, 3.63) is 23.3 Å². The first-order valence-corrected chi connectivity index (χ1v) is 9.52. The highest BCUT2D eigenvalue weighted by molar-refractivity contribution is 5.92. The number of aliphatic hydroxyl groups is 2. The molecule has 4 nitrogen and oxygen atoms in total. The fourth-order valence-corrected chi connectivity index (χ4v) is 3.02. The second-order valence-corrected chi connectivity index (χ2v) is 7.94. The van der Waals surface area contributed by atoms with Crippen molar-refractivity contribution in [2.75, 3.05) is 13.2 Å². The zero-order valence-corrected chi connectivity index (χ0v) is 16.5. The Kier molecular flexibility index (Phi) is 9.04. The van der Waals surface area contributed by atoms with E-state index in [-0.39, 0.29) is 18.3 Å². The molecule has 0 spiro atoms. The third-order valence-corrected chi connectivity index (χ3v) is 5.49. The van der Waals surface area contributed by atoms with Crippen molar-refractivity contribution in [3.63, 3.8) is 0 Å². The van der Waals surface area contributed by atoms with Crippen LogP contribution in [0.15, 0.2) is 23.3 Å². The predicted molar refractivity (Wildman–Crippen MR) is 101 cm³/mol. The molecule has 0 saturated carbocycles. The normalized spacial score (nSPS) is 28.2. The molecular weight excluding hydrogens is 316 g/mol. The predicted octanol–water partition coefficient (Wildman–Crippen LogP) is 3.81. The number of carbonyl (C=O) groups excluding carboxylic acids is 1. The molecule has 2 N–H and O–H groups in total. The van der Waals surface area contributed by atoms with Crippen molar-refractivity contribution in [1.82, 2.24) is 0 Å². The van der Waals surface area contributed by atoms with Crippen LogP contribution in [0.4, 0.5) is 0 Å². The average molecular weight is 353 g/mol. The highest BCUT2D eigenvalue weighted by atomic mass is 16.5. The highest BCUT2D eigenvalue weighted by Crippen LogP contribution is 2.31. The number of hydrogen-bond acceptors (Lipinski definition) is 4. The van der Waals surface area contributed by atoms with Gasteiger partial charge in [-0.1, -0.05) is 32.4 Å². The molecule has 0 radical (unpaired) electrons. The Labute approximate surface area is 153 Å². The monoisotopic (exact) mass is 352 g/mol. The largest absolute Gasteiger partial charge is 0.392 e. The Morgan fingerprint density at radius 2 is 2.08 bits per heavy atom. The van der Waals surface area contributed by atoms with E-state index < -0.39 is 11.7 Å². The van der Waals surface area contributed by atoms with Gasteiger partial charge in [-0.25, -0.2) is 0 Å². The zero-order chi connectivity index (χ0) is 19.0. The van der Waals surface area contributed by atoms with Gasteiger partial charge in [0.1, 0.15) is 0 Å². The first-order chi connectivity index (χ1) is 11.7. The van der Waals surface area contributed by atoms with Gasteiger partial charge in [0.2, 0.25) is 0 Å². The van der Waals surface area contributed by atoms with E-state index in [0.29, 0.717) is 18.9 Å². The first kappa shape index (κ1) is 22.1. The van der Waals surface area contributed by atoms with Gasteiger partial charge < -0.3 is 14.9 Å². The minimum Gasteiger partial charge on any atom is -0.392 e. The summed E-state index contributed by atoms with van der Waals surface area (Å²) >= 11 is 0. The molecule has 1 rings (SSSR count). The van der Waals surface area contributed by atoms with E-state index in [9.17, 15) is 9.90 Å². The molecule has 4 heteroatoms. The van der Waals surface area contributed by atoms with Crippen molar-refractivity contribution < 1.29 is 19.7 Å². The lowest BCUT2D eigenvalue weighted by Crippen LogP contribution is -2.41. The van der Waals surface area contributed by atoms with Gasteiger partial charge in [-0.2, -0.15) is 0 Å². The molecule has 3 atom stereocenters. The molecular formula is C21H36O4. The number of rotatable bonds is 8. The third-order valence-electron chi connectivity index (χ3n) is 5.49. The zero-order valence-electron chi connectivity index (χ0n) is 16.5. The lowest BCUT2D eigenvalue weighted by atomic mass is 9.87. The summed E-state index contributed by atoms with van der Waals surface area (Å²) in [6.45, 7) is 10.6. The van der Waals surface area contributed by atoms with Crippen molar-refractivity contribution in [1.29, 1.82) is 0 Å². The van der Waals surface area contributed by atoms with Crippen molar-refractivity contribution >= 4 is 5.78 Å². The molecule has 0 aromatic carbocycles. The van der Waals surface area contributed by atoms with Crippen LogP contribution in [-0.4, -0.2) is 40.9 Å². The Morgan fingerprint density at radius 1 is 1.40 bits per heavy atom. The van der Waals surface area contributed by atoms with Crippen LogP contribution in [-0.2, 0) is 9.53 Å². The molecule has 1 aliphatic rings. The number of ketones is 1. The van der Waals surface area contributed by atoms with E-state index >= 15 is 0 Å². The lowest BCUT2D eigenvalue weighted by Gasteiger charge is -2.33. The molecule has 1 aliphatic heterocycles. The van der Waals surface area contributed by atoms with E-state index in [4.69, 9.17) is 9.84 Å². The maximum Gasteiger partial charge on any atom is 0.158 e. The summed E-state index contributed by atoms with van der Waals surface area (Å²) in [5, 5.41) is 19.5. The molecule has 0 aromatic heterocycles. The standard InChI is InChI=1S/C21H36O4/c1-15(2)17(4)13-19(23)16(3)7-6-11-21(5)20(24)9-8-18(10-12-22)14-25-21/h10,13,15-16,20,22,24H,6-9,11-12,14H2,1-5H3/b17-13+,18-10+/t16?,20-,21+/m0/s1. The van der Waals surface area contributed by atoms with Crippen molar-refractivity contribution in [2.45, 2.75) is 78.4 Å². The van der Waals surface area contributed by atoms with Gasteiger partial charge in [0.15, 0.2) is 5.78 Å². The third kappa shape index (κ3) is 7.04. The minimum atomic E-state index is -0.586. The molecule has 1 heterocycles. The molecule has 1 saturated heterocycles. The lowest BCUT2D eigenvalue weighted by molar-refractivity contribution is -0.118. The Balaban J connectivity index is 2.54. The Morgan fingerprint density at radius 3 is 2.68 bits per heavy atom. The molecule has 0 amide bonds. The van der Waals surface area contributed by atoms with Crippen molar-refractivity contribution in [2.24, 2.45) is 11.8 Å². The van der Waals surface area contributed by atoms with Crippen LogP contribution in [0.2, 0.25) is 0 Å². The Hall–Kier alpha value is -0.970. The van der Waals surface area contributed by atoms with Crippen LogP contribution in [0.25, 0.3) is 0 Å². The molecule has 144 valence electrons. The van der Waals surface area contributed by atoms with E-state index in [2.05, 4.69) is 13.8 Å². The van der Waals surface area contributed by atoms with Crippen LogP contribution in [0.5, 0.6) is 0 Å². The van der Waals surface area contributed by atoms with Gasteiger partial charge in [-0.15, -0.1) is 0 Å². The number of hydrogen-bond donors (Lipinski definition) is 2. The number of allylic oxidation sites excluding steroid dienone is 2. The average Bonchev–Trinajstić information content (AvgIpc) is 2.69. The first-order valence-electron chi connectivity index (χ1n) is 9.52. The summed E-state index contributed by atoms with van der Waals surface area (Å²) in [5.74, 6) is 0.572. The highest BCUT2D eigenvalue weighted by Gasteiger charge is 2.36. The van der Waals surface area contributed by atoms with E-state index in [1.807, 2.05) is 20.8 Å². The minimum absolute atomic E-state index is 0.00837. The molecule has 1 fully saturated rings. The second kappa shape index (κ2) is 10.2. The summed E-state index contributed by atoms with van der Waals surface area (Å²) in [4.78, 5) is 12.3. The molecule has 25 heavy (non-hydrogen) atoms. The number of ether oxygens (including phenoxy) is 1. The topological polar surface area (TPSA) is 66.8 Å². The van der Waals surface area contributed by atoms with E-state index in [1.54, 1.807) is 12.2 Å². The maximum absolute atomic E-state index is 12.3. The summed E-state index contributed by atoms with van der Waals surface area (Å²) in [5.41, 5.74) is 1.58. The van der Waals surface area contributed by atoms with Gasteiger partial charge in [0.25, 0.3) is 0 Å². The maximum atomic E-state index is 12.3. The fraction of sp³-hybridized carbons (Fsp3) is 0.762. The van der Waals surface area contributed by atoms with E-state index in [1.165, 1.54) is 0 Å². The van der Waals surface area contributed by atoms with Crippen LogP contribution in [0, 0.1) is 11.8 Å². The van der Waals surface area contributed by atoms with Crippen LogP contribution in [0.3, 0.4) is 0 Å². The molecule has 0 aromatic rings. The quantitative estimate of drug-likeness (QED) is 0.515. The van der Waals surface area contributed by atoms with Crippen LogP contribution in [0.1, 0.15) is 66.7 Å². The summed E-state index contributed by atoms with van der Waals surface area (Å²) in [6.07, 6.45) is 6.79. The van der Waals surface area contributed by atoms with Gasteiger partial charge in [-0.05, 0) is 63.5 Å². The van der Waals surface area contributed by atoms with Gasteiger partial charge >= 0.3 is 0 Å². The van der Waals surface area contributed by atoms with Crippen LogP contribution < -0.4 is 0 Å². The number of carbonyl (C=O) groups is 1. The van der Waals surface area contributed by atoms with E-state index in [0.717, 1.165) is 36.8 Å². The molecule has 0 bridgehead atoms. The fourth-order valence-electron chi connectivity index (χ4n) is 3.02. The summed E-state index contributed by atoms with van der Waals surface area (Å²) in [7, 11) is 0. The van der Waals surface area contributed by atoms with Crippen LogP contribution >= 0.6 is 0 Å².